The number of thiazole rings is 1. The maximum Gasteiger partial charge on any atom is 0.246 e. The van der Waals surface area contributed by atoms with Crippen LogP contribution in [0.4, 0.5) is 5.13 Å². The molecule has 1 aliphatic rings. The highest BCUT2D eigenvalue weighted by molar-refractivity contribution is 7.71. The van der Waals surface area contributed by atoms with Gasteiger partial charge in [-0.3, -0.25) is 14.5 Å². The fourth-order valence-corrected chi connectivity index (χ4v) is 4.28. The van der Waals surface area contributed by atoms with Gasteiger partial charge in [0, 0.05) is 10.4 Å². The van der Waals surface area contributed by atoms with Crippen LogP contribution in [0.25, 0.3) is 11.4 Å². The lowest BCUT2D eigenvalue weighted by Gasteiger charge is -2.07. The van der Waals surface area contributed by atoms with E-state index in [0.29, 0.717) is 15.7 Å². The molecule has 1 amide bonds. The quantitative estimate of drug-likeness (QED) is 0.688. The van der Waals surface area contributed by atoms with E-state index < -0.39 is 0 Å². The van der Waals surface area contributed by atoms with Crippen LogP contribution in [0.3, 0.4) is 0 Å². The lowest BCUT2D eigenvalue weighted by Crippen LogP contribution is -2.19. The first-order chi connectivity index (χ1) is 12.1. The van der Waals surface area contributed by atoms with Crippen LogP contribution in [0.2, 0.25) is 0 Å². The monoisotopic (exact) mass is 371 g/mol. The average Bonchev–Trinajstić information content (AvgIpc) is 3.23. The lowest BCUT2D eigenvalue weighted by atomic mass is 10.1. The number of rotatable bonds is 4. The third-order valence-corrected chi connectivity index (χ3v) is 5.56. The zero-order valence-corrected chi connectivity index (χ0v) is 15.3. The summed E-state index contributed by atoms with van der Waals surface area (Å²) < 4.78 is 2.13. The summed E-state index contributed by atoms with van der Waals surface area (Å²) in [5, 5.41) is 10.6. The van der Waals surface area contributed by atoms with Gasteiger partial charge in [-0.15, -0.1) is 11.3 Å². The van der Waals surface area contributed by atoms with Crippen LogP contribution in [-0.2, 0) is 24.2 Å². The molecule has 0 radical (unpaired) electrons. The molecule has 0 unspecified atom stereocenters. The summed E-state index contributed by atoms with van der Waals surface area (Å²) in [6.07, 6.45) is 3.23. The topological polar surface area (TPSA) is 75.6 Å². The van der Waals surface area contributed by atoms with Crippen molar-refractivity contribution in [1.29, 1.82) is 0 Å². The Morgan fingerprint density at radius 2 is 2.32 bits per heavy atom. The number of aromatic nitrogens is 4. The number of H-pyrrole nitrogens is 1. The van der Waals surface area contributed by atoms with Crippen molar-refractivity contribution >= 4 is 34.6 Å². The highest BCUT2D eigenvalue weighted by atomic mass is 32.1. The zero-order valence-electron chi connectivity index (χ0n) is 13.7. The van der Waals surface area contributed by atoms with Gasteiger partial charge in [-0.2, -0.15) is 5.10 Å². The van der Waals surface area contributed by atoms with Crippen LogP contribution in [0.1, 0.15) is 22.6 Å². The number of nitrogens with zero attached hydrogens (tertiary/aromatic N) is 3. The van der Waals surface area contributed by atoms with Crippen molar-refractivity contribution in [3.63, 3.8) is 0 Å². The minimum atomic E-state index is -0.154. The highest BCUT2D eigenvalue weighted by Gasteiger charge is 2.18. The Bertz CT molecular complexity index is 979. The summed E-state index contributed by atoms with van der Waals surface area (Å²) in [5.74, 6) is 0.504. The molecule has 6 nitrogen and oxygen atoms in total. The van der Waals surface area contributed by atoms with Crippen LogP contribution in [0.15, 0.2) is 24.3 Å². The number of hydrogen-bond donors (Lipinski definition) is 2. The number of aromatic amines is 1. The van der Waals surface area contributed by atoms with E-state index >= 15 is 0 Å². The third kappa shape index (κ3) is 3.27. The van der Waals surface area contributed by atoms with Crippen molar-refractivity contribution in [2.45, 2.75) is 32.7 Å². The zero-order chi connectivity index (χ0) is 17.4. The first kappa shape index (κ1) is 16.2. The molecule has 0 fully saturated rings. The van der Waals surface area contributed by atoms with E-state index in [1.54, 1.807) is 15.9 Å². The normalized spacial score (nSPS) is 13.0. The molecule has 0 atom stereocenters. The highest BCUT2D eigenvalue weighted by Crippen LogP contribution is 2.30. The molecule has 0 spiro atoms. The molecule has 0 bridgehead atoms. The van der Waals surface area contributed by atoms with Gasteiger partial charge in [-0.05, 0) is 44.5 Å². The molecule has 2 N–H and O–H groups in total. The molecule has 3 aromatic rings. The second-order valence-electron chi connectivity index (χ2n) is 6.10. The average molecular weight is 371 g/mol. The number of benzene rings is 1. The molecule has 1 aliphatic carbocycles. The van der Waals surface area contributed by atoms with Crippen LogP contribution >= 0.6 is 23.6 Å². The van der Waals surface area contributed by atoms with E-state index in [9.17, 15) is 4.79 Å². The Balaban J connectivity index is 1.55. The second kappa shape index (κ2) is 6.53. The van der Waals surface area contributed by atoms with E-state index in [2.05, 4.69) is 20.5 Å². The van der Waals surface area contributed by atoms with Gasteiger partial charge in [0.1, 0.15) is 6.54 Å². The molecule has 2 heterocycles. The maximum atomic E-state index is 12.5. The number of nitrogens with one attached hydrogen (secondary N) is 2. The summed E-state index contributed by atoms with van der Waals surface area (Å²) in [5.41, 5.74) is 3.17. The van der Waals surface area contributed by atoms with Gasteiger partial charge in [0.05, 0.1) is 5.69 Å². The van der Waals surface area contributed by atoms with E-state index in [1.807, 2.05) is 31.2 Å². The number of amides is 1. The molecule has 4 rings (SSSR count). The van der Waals surface area contributed by atoms with E-state index in [4.69, 9.17) is 12.2 Å². The van der Waals surface area contributed by atoms with Crippen molar-refractivity contribution < 1.29 is 4.79 Å². The van der Waals surface area contributed by atoms with Gasteiger partial charge in [0.2, 0.25) is 5.91 Å². The van der Waals surface area contributed by atoms with Gasteiger partial charge in [0.15, 0.2) is 15.7 Å². The summed E-state index contributed by atoms with van der Waals surface area (Å²) in [6.45, 7) is 2.12. The predicted octanol–water partition coefficient (Wildman–Crippen LogP) is 3.50. The summed E-state index contributed by atoms with van der Waals surface area (Å²) in [6, 6.07) is 7.95. The molecular weight excluding hydrogens is 354 g/mol. The van der Waals surface area contributed by atoms with E-state index in [1.165, 1.54) is 4.88 Å². The van der Waals surface area contributed by atoms with Crippen molar-refractivity contribution in [2.75, 3.05) is 5.32 Å². The smallest absolute Gasteiger partial charge is 0.246 e. The molecule has 1 aromatic carbocycles. The summed E-state index contributed by atoms with van der Waals surface area (Å²) in [7, 11) is 0. The molecule has 0 saturated heterocycles. The number of fused-ring (bicyclic) bond motifs is 1. The van der Waals surface area contributed by atoms with Crippen molar-refractivity contribution in [3.05, 3.63) is 45.2 Å². The molecular formula is C17H17N5OS2. The fourth-order valence-electron chi connectivity index (χ4n) is 3.02. The SMILES string of the molecule is Cc1cccc(-c2n[nH]c(=S)n2CC(=O)Nc2nc3c(s2)CCC3)c1. The van der Waals surface area contributed by atoms with E-state index in [-0.39, 0.29) is 12.5 Å². The Kier molecular flexibility index (Phi) is 4.22. The Hall–Kier alpha value is -2.32. The lowest BCUT2D eigenvalue weighted by molar-refractivity contribution is -0.116. The third-order valence-electron chi connectivity index (χ3n) is 4.18. The largest absolute Gasteiger partial charge is 0.300 e. The van der Waals surface area contributed by atoms with Gasteiger partial charge < -0.3 is 5.32 Å². The number of aryl methyl sites for hydroxylation is 3. The first-order valence-electron chi connectivity index (χ1n) is 8.11. The Labute approximate surface area is 153 Å². The Morgan fingerprint density at radius 1 is 1.44 bits per heavy atom. The van der Waals surface area contributed by atoms with Crippen molar-refractivity contribution in [3.8, 4) is 11.4 Å². The van der Waals surface area contributed by atoms with E-state index in [0.717, 1.165) is 36.1 Å². The minimum absolute atomic E-state index is 0.100. The fraction of sp³-hybridized carbons (Fsp3) is 0.294. The molecule has 8 heteroatoms. The van der Waals surface area contributed by atoms with Crippen LogP contribution in [0.5, 0.6) is 0 Å². The minimum Gasteiger partial charge on any atom is -0.300 e. The summed E-state index contributed by atoms with van der Waals surface area (Å²) in [4.78, 5) is 18.2. The standard InChI is InChI=1S/C17H17N5OS2/c1-10-4-2-5-11(8-10)15-20-21-17(24)22(15)9-14(23)19-16-18-12-6-3-7-13(12)25-16/h2,4-5,8H,3,6-7,9H2,1H3,(H,21,24)(H,18,19,23). The molecule has 25 heavy (non-hydrogen) atoms. The molecule has 0 aliphatic heterocycles. The number of carbonyl (C=O) groups is 1. The first-order valence-corrected chi connectivity index (χ1v) is 9.33. The molecule has 128 valence electrons. The second-order valence-corrected chi connectivity index (χ2v) is 7.57. The maximum absolute atomic E-state index is 12.5. The predicted molar refractivity (Wildman–Crippen MR) is 100 cm³/mol. The number of carbonyl (C=O) groups excluding carboxylic acids is 1. The molecule has 2 aromatic heterocycles. The van der Waals surface area contributed by atoms with Gasteiger partial charge in [0.25, 0.3) is 0 Å². The van der Waals surface area contributed by atoms with Crippen LogP contribution < -0.4 is 5.32 Å². The van der Waals surface area contributed by atoms with Crippen LogP contribution in [0, 0.1) is 11.7 Å². The number of anilines is 1. The van der Waals surface area contributed by atoms with Crippen LogP contribution in [-0.4, -0.2) is 25.7 Å². The van der Waals surface area contributed by atoms with Gasteiger partial charge in [-0.25, -0.2) is 4.98 Å². The summed E-state index contributed by atoms with van der Waals surface area (Å²) >= 11 is 6.86. The van der Waals surface area contributed by atoms with Gasteiger partial charge >= 0.3 is 0 Å². The number of hydrogen-bond acceptors (Lipinski definition) is 5. The molecule has 0 saturated carbocycles. The van der Waals surface area contributed by atoms with Crippen molar-refractivity contribution in [2.24, 2.45) is 0 Å². The Morgan fingerprint density at radius 3 is 3.12 bits per heavy atom. The van der Waals surface area contributed by atoms with Gasteiger partial charge in [-0.1, -0.05) is 23.8 Å². The van der Waals surface area contributed by atoms with Crippen molar-refractivity contribution in [1.82, 2.24) is 19.7 Å².